The highest BCUT2D eigenvalue weighted by Gasteiger charge is 2.26. The molecule has 0 saturated carbocycles. The summed E-state index contributed by atoms with van der Waals surface area (Å²) in [7, 11) is -3.53. The molecule has 1 N–H and O–H groups in total. The maximum absolute atomic E-state index is 13.3. The van der Waals surface area contributed by atoms with Gasteiger partial charge >= 0.3 is 0 Å². The van der Waals surface area contributed by atoms with Gasteiger partial charge in [-0.3, -0.25) is 13.9 Å². The molecule has 0 aliphatic carbocycles. The fourth-order valence-electron chi connectivity index (χ4n) is 3.75. The number of nitrogens with one attached hydrogen (secondary N) is 1. The maximum atomic E-state index is 13.3. The largest absolute Gasteiger partial charge is 0.354 e. The van der Waals surface area contributed by atoms with Crippen molar-refractivity contribution in [3.63, 3.8) is 0 Å². The number of rotatable bonds is 12. The fraction of sp³-hybridized carbons (Fsp3) is 0.462. The number of amides is 2. The molecule has 35 heavy (non-hydrogen) atoms. The first-order valence-electron chi connectivity index (χ1n) is 11.8. The van der Waals surface area contributed by atoms with E-state index in [1.54, 1.807) is 17.9 Å². The third-order valence-corrected chi connectivity index (χ3v) is 7.69. The topological polar surface area (TPSA) is 86.8 Å². The van der Waals surface area contributed by atoms with Gasteiger partial charge in [-0.05, 0) is 68.5 Å². The number of halogens is 1. The monoisotopic (exact) mass is 565 g/mol. The molecular formula is C26H36BrN3O4S. The van der Waals surface area contributed by atoms with Crippen LogP contribution in [0.2, 0.25) is 0 Å². The molecule has 0 bridgehead atoms. The van der Waals surface area contributed by atoms with Crippen molar-refractivity contribution in [1.29, 1.82) is 0 Å². The van der Waals surface area contributed by atoms with Gasteiger partial charge in [-0.1, -0.05) is 47.1 Å². The van der Waals surface area contributed by atoms with Crippen molar-refractivity contribution in [2.75, 3.05) is 23.7 Å². The highest BCUT2D eigenvalue weighted by molar-refractivity contribution is 9.10. The lowest BCUT2D eigenvalue weighted by molar-refractivity contribution is -0.140. The van der Waals surface area contributed by atoms with Crippen LogP contribution in [0.4, 0.5) is 5.69 Å². The van der Waals surface area contributed by atoms with E-state index in [1.165, 1.54) is 10.6 Å². The van der Waals surface area contributed by atoms with E-state index in [9.17, 15) is 18.0 Å². The highest BCUT2D eigenvalue weighted by atomic mass is 79.9. The van der Waals surface area contributed by atoms with Gasteiger partial charge in [0.05, 0.1) is 11.9 Å². The Morgan fingerprint density at radius 3 is 2.34 bits per heavy atom. The average molecular weight is 567 g/mol. The van der Waals surface area contributed by atoms with Gasteiger partial charge < -0.3 is 10.2 Å². The first-order valence-corrected chi connectivity index (χ1v) is 14.4. The van der Waals surface area contributed by atoms with E-state index in [0.29, 0.717) is 25.2 Å². The summed E-state index contributed by atoms with van der Waals surface area (Å²) < 4.78 is 27.4. The Bertz CT molecular complexity index is 1120. The lowest BCUT2D eigenvalue weighted by Gasteiger charge is -2.29. The number of sulfonamides is 1. The van der Waals surface area contributed by atoms with E-state index >= 15 is 0 Å². The lowest BCUT2D eigenvalue weighted by atomic mass is 10.1. The molecule has 2 aromatic carbocycles. The molecule has 0 saturated heterocycles. The third-order valence-electron chi connectivity index (χ3n) is 5.98. The van der Waals surface area contributed by atoms with E-state index in [0.717, 1.165) is 27.6 Å². The number of anilines is 1. The first-order chi connectivity index (χ1) is 16.5. The van der Waals surface area contributed by atoms with Gasteiger partial charge in [0.15, 0.2) is 0 Å². The summed E-state index contributed by atoms with van der Waals surface area (Å²) in [6, 6.07) is 12.5. The Balaban J connectivity index is 2.18. The summed E-state index contributed by atoms with van der Waals surface area (Å²) in [6.45, 7) is 8.54. The van der Waals surface area contributed by atoms with E-state index < -0.39 is 16.1 Å². The van der Waals surface area contributed by atoms with Crippen LogP contribution in [0.5, 0.6) is 0 Å². The minimum Gasteiger partial charge on any atom is -0.354 e. The van der Waals surface area contributed by atoms with Gasteiger partial charge in [-0.15, -0.1) is 0 Å². The van der Waals surface area contributed by atoms with Crippen molar-refractivity contribution >= 4 is 43.5 Å². The van der Waals surface area contributed by atoms with Crippen molar-refractivity contribution in [1.82, 2.24) is 10.2 Å². The molecule has 0 aliphatic heterocycles. The van der Waals surface area contributed by atoms with Crippen LogP contribution in [0.3, 0.4) is 0 Å². The molecule has 0 aromatic heterocycles. The zero-order valence-electron chi connectivity index (χ0n) is 21.2. The maximum Gasteiger partial charge on any atom is 0.242 e. The predicted octanol–water partition coefficient (Wildman–Crippen LogP) is 4.56. The zero-order valence-corrected chi connectivity index (χ0v) is 23.6. The number of hydrogen-bond acceptors (Lipinski definition) is 4. The van der Waals surface area contributed by atoms with Crippen LogP contribution in [0, 0.1) is 13.8 Å². The summed E-state index contributed by atoms with van der Waals surface area (Å²) >= 11 is 3.42. The van der Waals surface area contributed by atoms with Crippen molar-refractivity contribution in [2.45, 2.75) is 59.5 Å². The molecule has 7 nitrogen and oxygen atoms in total. The number of aryl methyl sites for hydroxylation is 1. The normalized spacial score (nSPS) is 12.2. The lowest BCUT2D eigenvalue weighted by Crippen LogP contribution is -2.47. The minimum atomic E-state index is -3.53. The summed E-state index contributed by atoms with van der Waals surface area (Å²) in [5, 5.41) is 2.86. The van der Waals surface area contributed by atoms with Gasteiger partial charge in [-0.25, -0.2) is 8.42 Å². The molecule has 0 radical (unpaired) electrons. The zero-order chi connectivity index (χ0) is 26.2. The van der Waals surface area contributed by atoms with Gasteiger partial charge in [0.1, 0.15) is 6.04 Å². The Morgan fingerprint density at radius 1 is 1.09 bits per heavy atom. The number of carbonyl (C=O) groups excluding carboxylic acids is 2. The van der Waals surface area contributed by atoms with Crippen molar-refractivity contribution in [3.8, 4) is 0 Å². The van der Waals surface area contributed by atoms with E-state index in [2.05, 4.69) is 21.2 Å². The Hall–Kier alpha value is -2.39. The Kier molecular flexibility index (Phi) is 10.8. The highest BCUT2D eigenvalue weighted by Crippen LogP contribution is 2.25. The predicted molar refractivity (Wildman–Crippen MR) is 145 cm³/mol. The van der Waals surface area contributed by atoms with Crippen LogP contribution < -0.4 is 9.62 Å². The third kappa shape index (κ3) is 8.35. The molecule has 1 unspecified atom stereocenters. The van der Waals surface area contributed by atoms with Crippen LogP contribution in [-0.4, -0.2) is 50.5 Å². The Labute approximate surface area is 218 Å². The van der Waals surface area contributed by atoms with E-state index in [1.807, 2.05) is 57.2 Å². The minimum absolute atomic E-state index is 0.124. The summed E-state index contributed by atoms with van der Waals surface area (Å²) in [5.41, 5.74) is 3.42. The summed E-state index contributed by atoms with van der Waals surface area (Å²) in [5.74, 6) is -0.396. The van der Waals surface area contributed by atoms with Gasteiger partial charge in [0, 0.05) is 30.5 Å². The molecular weight excluding hydrogens is 530 g/mol. The van der Waals surface area contributed by atoms with Crippen LogP contribution in [0.15, 0.2) is 46.9 Å². The second-order valence-electron chi connectivity index (χ2n) is 8.77. The van der Waals surface area contributed by atoms with E-state index in [4.69, 9.17) is 0 Å². The first kappa shape index (κ1) is 28.8. The molecule has 0 heterocycles. The second kappa shape index (κ2) is 13.1. The molecule has 192 valence electrons. The molecule has 9 heteroatoms. The van der Waals surface area contributed by atoms with Gasteiger partial charge in [0.2, 0.25) is 21.8 Å². The molecule has 0 spiro atoms. The second-order valence-corrected chi connectivity index (χ2v) is 11.6. The van der Waals surface area contributed by atoms with Crippen molar-refractivity contribution in [2.24, 2.45) is 0 Å². The summed E-state index contributed by atoms with van der Waals surface area (Å²) in [4.78, 5) is 27.5. The van der Waals surface area contributed by atoms with Crippen molar-refractivity contribution in [3.05, 3.63) is 63.6 Å². The van der Waals surface area contributed by atoms with Crippen LogP contribution >= 0.6 is 15.9 Å². The number of carbonyl (C=O) groups is 2. The molecule has 0 aliphatic rings. The van der Waals surface area contributed by atoms with Crippen LogP contribution in [0.25, 0.3) is 0 Å². The quantitative estimate of drug-likeness (QED) is 0.408. The van der Waals surface area contributed by atoms with E-state index in [-0.39, 0.29) is 24.8 Å². The van der Waals surface area contributed by atoms with Gasteiger partial charge in [-0.2, -0.15) is 0 Å². The average Bonchev–Trinajstić information content (AvgIpc) is 2.80. The smallest absolute Gasteiger partial charge is 0.242 e. The number of nitrogens with zero attached hydrogens (tertiary/aromatic N) is 2. The SMILES string of the molecule is CCCNC(=O)C(C)N(Cc1ccc(Br)cc1)C(=O)CCCN(c1cccc(C)c1C)S(C)(=O)=O. The standard InChI is InChI=1S/C26H36BrN3O4S/c1-6-16-28-26(32)21(4)29(18-22-12-14-23(27)15-13-22)25(31)11-8-17-30(35(5,33)34)24-10-7-9-19(2)20(24)3/h7,9-10,12-15,21H,6,8,11,16-18H2,1-5H3,(H,28,32). The molecule has 2 rings (SSSR count). The Morgan fingerprint density at radius 2 is 1.74 bits per heavy atom. The molecule has 1 atom stereocenters. The van der Waals surface area contributed by atoms with Crippen molar-refractivity contribution < 1.29 is 18.0 Å². The van der Waals surface area contributed by atoms with Gasteiger partial charge in [0.25, 0.3) is 0 Å². The van der Waals surface area contributed by atoms with Crippen LogP contribution in [0.1, 0.15) is 49.8 Å². The molecule has 2 aromatic rings. The summed E-state index contributed by atoms with van der Waals surface area (Å²) in [6.07, 6.45) is 2.44. The molecule has 2 amide bonds. The van der Waals surface area contributed by atoms with Crippen LogP contribution in [-0.2, 0) is 26.2 Å². The number of hydrogen-bond donors (Lipinski definition) is 1. The fourth-order valence-corrected chi connectivity index (χ4v) is 5.03. The number of benzene rings is 2. The molecule has 0 fully saturated rings.